The summed E-state index contributed by atoms with van der Waals surface area (Å²) in [5.41, 5.74) is 0.523. The molecule has 3 heteroatoms. The zero-order valence-electron chi connectivity index (χ0n) is 7.49. The van der Waals surface area contributed by atoms with Crippen molar-refractivity contribution in [3.05, 3.63) is 11.6 Å². The van der Waals surface area contributed by atoms with E-state index in [9.17, 15) is 9.90 Å². The minimum absolute atomic E-state index is 0.180. The molecule has 13 heavy (non-hydrogen) atoms. The average Bonchev–Trinajstić information content (AvgIpc) is 2.30. The van der Waals surface area contributed by atoms with E-state index in [0.717, 1.165) is 0 Å². The third kappa shape index (κ3) is 2.60. The van der Waals surface area contributed by atoms with Gasteiger partial charge in [0.25, 0.3) is 0 Å². The molecule has 70 valence electrons. The second kappa shape index (κ2) is 4.11. The number of rotatable bonds is 3. The number of ether oxygens (including phenoxy) is 1. The van der Waals surface area contributed by atoms with Crippen LogP contribution in [0.1, 0.15) is 19.8 Å². The van der Waals surface area contributed by atoms with E-state index in [-0.39, 0.29) is 24.9 Å². The van der Waals surface area contributed by atoms with Gasteiger partial charge in [0.05, 0.1) is 6.10 Å². The van der Waals surface area contributed by atoms with Crippen LogP contribution in [0.15, 0.2) is 11.6 Å². The van der Waals surface area contributed by atoms with Crippen LogP contribution in [0, 0.1) is 12.3 Å². The van der Waals surface area contributed by atoms with Crippen LogP contribution < -0.4 is 0 Å². The van der Waals surface area contributed by atoms with Crippen molar-refractivity contribution >= 4 is 5.97 Å². The van der Waals surface area contributed by atoms with Gasteiger partial charge in [0.2, 0.25) is 0 Å². The molecule has 0 unspecified atom stereocenters. The molecule has 1 aliphatic rings. The predicted molar refractivity (Wildman–Crippen MR) is 47.7 cm³/mol. The van der Waals surface area contributed by atoms with Crippen LogP contribution in [0.2, 0.25) is 0 Å². The summed E-state index contributed by atoms with van der Waals surface area (Å²) in [6, 6.07) is 0. The Kier molecular flexibility index (Phi) is 3.10. The fourth-order valence-electron chi connectivity index (χ4n) is 1.24. The Hall–Kier alpha value is -1.27. The topological polar surface area (TPSA) is 46.5 Å². The third-order valence-electron chi connectivity index (χ3n) is 1.80. The highest BCUT2D eigenvalue weighted by Gasteiger charge is 2.23. The van der Waals surface area contributed by atoms with Crippen LogP contribution in [-0.2, 0) is 9.53 Å². The van der Waals surface area contributed by atoms with Crippen molar-refractivity contribution in [2.24, 2.45) is 0 Å². The predicted octanol–water partition coefficient (Wildman–Crippen LogP) is 0.632. The van der Waals surface area contributed by atoms with Crippen molar-refractivity contribution in [2.45, 2.75) is 32.0 Å². The van der Waals surface area contributed by atoms with Crippen molar-refractivity contribution in [3.63, 3.8) is 0 Å². The van der Waals surface area contributed by atoms with Crippen molar-refractivity contribution < 1.29 is 14.6 Å². The Balaban J connectivity index is 2.50. The first-order valence-electron chi connectivity index (χ1n) is 4.16. The number of hydrogen-bond donors (Lipinski definition) is 1. The average molecular weight is 180 g/mol. The standard InChI is InChI=1S/C10H12O3/c1-3-4-9(11)6-8-5-7(2)13-10(8)12/h1,5,7,9,11H,4,6H2,2H3/t7-,9-/m0/s1. The maximum Gasteiger partial charge on any atom is 0.334 e. The molecule has 0 fully saturated rings. The first kappa shape index (κ1) is 9.82. The Morgan fingerprint density at radius 2 is 2.54 bits per heavy atom. The minimum atomic E-state index is -0.644. The molecule has 0 aromatic carbocycles. The number of aliphatic hydroxyl groups excluding tert-OH is 1. The number of carbonyl (C=O) groups excluding carboxylic acids is 1. The number of hydrogen-bond acceptors (Lipinski definition) is 3. The Labute approximate surface area is 77.4 Å². The summed E-state index contributed by atoms with van der Waals surface area (Å²) in [6.45, 7) is 1.78. The van der Waals surface area contributed by atoms with Crippen molar-refractivity contribution in [3.8, 4) is 12.3 Å². The Morgan fingerprint density at radius 3 is 3.00 bits per heavy atom. The van der Waals surface area contributed by atoms with E-state index in [1.807, 2.05) is 0 Å². The fraction of sp³-hybridized carbons (Fsp3) is 0.500. The maximum absolute atomic E-state index is 11.1. The molecule has 1 rings (SSSR count). The first-order valence-corrected chi connectivity index (χ1v) is 4.16. The van der Waals surface area contributed by atoms with Gasteiger partial charge in [-0.25, -0.2) is 4.79 Å². The molecule has 0 amide bonds. The minimum Gasteiger partial charge on any atom is -0.455 e. The Bertz CT molecular complexity index is 272. The lowest BCUT2D eigenvalue weighted by Gasteiger charge is -2.05. The maximum atomic E-state index is 11.1. The lowest BCUT2D eigenvalue weighted by molar-refractivity contribution is -0.139. The lowest BCUT2D eigenvalue weighted by atomic mass is 10.1. The van der Waals surface area contributed by atoms with Gasteiger partial charge in [0, 0.05) is 18.4 Å². The molecule has 1 heterocycles. The van der Waals surface area contributed by atoms with Crippen LogP contribution in [-0.4, -0.2) is 23.3 Å². The van der Waals surface area contributed by atoms with Gasteiger partial charge in [-0.2, -0.15) is 0 Å². The van der Waals surface area contributed by atoms with Gasteiger partial charge in [-0.15, -0.1) is 12.3 Å². The number of terminal acetylenes is 1. The summed E-state index contributed by atoms with van der Waals surface area (Å²) in [4.78, 5) is 11.1. The highest BCUT2D eigenvalue weighted by atomic mass is 16.5. The van der Waals surface area contributed by atoms with Crippen molar-refractivity contribution in [1.29, 1.82) is 0 Å². The van der Waals surface area contributed by atoms with E-state index in [2.05, 4.69) is 5.92 Å². The normalized spacial score (nSPS) is 23.3. The Morgan fingerprint density at radius 1 is 1.85 bits per heavy atom. The smallest absolute Gasteiger partial charge is 0.334 e. The molecule has 0 aromatic rings. The molecule has 1 N–H and O–H groups in total. The quantitative estimate of drug-likeness (QED) is 0.512. The second-order valence-corrected chi connectivity index (χ2v) is 3.07. The fourth-order valence-corrected chi connectivity index (χ4v) is 1.24. The summed E-state index contributed by atoms with van der Waals surface area (Å²) in [6.07, 6.45) is 6.45. The van der Waals surface area contributed by atoms with E-state index < -0.39 is 6.10 Å². The lowest BCUT2D eigenvalue weighted by Crippen LogP contribution is -2.10. The zero-order chi connectivity index (χ0) is 9.84. The summed E-state index contributed by atoms with van der Waals surface area (Å²) in [5.74, 6) is 1.99. The SMILES string of the molecule is C#CC[C@H](O)CC1=C[C@H](C)OC1=O. The molecule has 0 spiro atoms. The van der Waals surface area contributed by atoms with Crippen molar-refractivity contribution in [2.75, 3.05) is 0 Å². The van der Waals surface area contributed by atoms with Crippen LogP contribution in [0.5, 0.6) is 0 Å². The second-order valence-electron chi connectivity index (χ2n) is 3.07. The van der Waals surface area contributed by atoms with Crippen molar-refractivity contribution in [1.82, 2.24) is 0 Å². The van der Waals surface area contributed by atoms with E-state index in [0.29, 0.717) is 5.57 Å². The molecular formula is C10H12O3. The van der Waals surface area contributed by atoms with E-state index in [4.69, 9.17) is 11.2 Å². The molecule has 3 nitrogen and oxygen atoms in total. The highest BCUT2D eigenvalue weighted by molar-refractivity contribution is 5.90. The summed E-state index contributed by atoms with van der Waals surface area (Å²) in [7, 11) is 0. The molecule has 1 aliphatic heterocycles. The van der Waals surface area contributed by atoms with Gasteiger partial charge in [-0.3, -0.25) is 0 Å². The number of carbonyl (C=O) groups is 1. The molecule has 0 aliphatic carbocycles. The van der Waals surface area contributed by atoms with Crippen LogP contribution in [0.25, 0.3) is 0 Å². The molecule has 0 saturated carbocycles. The number of aliphatic hydroxyl groups is 1. The van der Waals surface area contributed by atoms with Gasteiger partial charge in [-0.05, 0) is 13.0 Å². The van der Waals surface area contributed by atoms with E-state index in [1.165, 1.54) is 0 Å². The van der Waals surface area contributed by atoms with Crippen LogP contribution in [0.4, 0.5) is 0 Å². The summed E-state index contributed by atoms with van der Waals surface area (Å²) < 4.78 is 4.86. The summed E-state index contributed by atoms with van der Waals surface area (Å²) in [5, 5.41) is 9.32. The molecule has 0 radical (unpaired) electrons. The molecule has 0 saturated heterocycles. The summed E-state index contributed by atoms with van der Waals surface area (Å²) >= 11 is 0. The molecule has 0 bridgehead atoms. The molecular weight excluding hydrogens is 168 g/mol. The number of cyclic esters (lactones) is 1. The monoisotopic (exact) mass is 180 g/mol. The van der Waals surface area contributed by atoms with Crippen LogP contribution >= 0.6 is 0 Å². The third-order valence-corrected chi connectivity index (χ3v) is 1.80. The van der Waals surface area contributed by atoms with Gasteiger partial charge >= 0.3 is 5.97 Å². The number of esters is 1. The first-order chi connectivity index (χ1) is 6.13. The van der Waals surface area contributed by atoms with E-state index >= 15 is 0 Å². The van der Waals surface area contributed by atoms with Gasteiger partial charge < -0.3 is 9.84 Å². The molecule has 2 atom stereocenters. The van der Waals surface area contributed by atoms with Gasteiger partial charge in [0.15, 0.2) is 0 Å². The van der Waals surface area contributed by atoms with Gasteiger partial charge in [0.1, 0.15) is 6.10 Å². The largest absolute Gasteiger partial charge is 0.455 e. The van der Waals surface area contributed by atoms with E-state index in [1.54, 1.807) is 13.0 Å². The van der Waals surface area contributed by atoms with Crippen LogP contribution in [0.3, 0.4) is 0 Å². The molecule has 0 aromatic heterocycles. The van der Waals surface area contributed by atoms with Gasteiger partial charge in [-0.1, -0.05) is 0 Å². The zero-order valence-corrected chi connectivity index (χ0v) is 7.49. The highest BCUT2D eigenvalue weighted by Crippen LogP contribution is 2.18.